The number of thiazole rings is 1. The van der Waals surface area contributed by atoms with Crippen molar-refractivity contribution in [3.8, 4) is 0 Å². The molecule has 1 fully saturated rings. The van der Waals surface area contributed by atoms with E-state index < -0.39 is 5.97 Å². The number of hydrogen-bond acceptors (Lipinski definition) is 4. The molecule has 1 aliphatic rings. The summed E-state index contributed by atoms with van der Waals surface area (Å²) in [5, 5.41) is 13.9. The van der Waals surface area contributed by atoms with Gasteiger partial charge in [0.05, 0.1) is 5.01 Å². The third-order valence-electron chi connectivity index (χ3n) is 3.84. The maximum Gasteiger partial charge on any atom is 0.355 e. The molecule has 1 unspecified atom stereocenters. The van der Waals surface area contributed by atoms with E-state index in [2.05, 4.69) is 24.1 Å². The minimum atomic E-state index is -1.02. The minimum absolute atomic E-state index is 0.0341. The highest BCUT2D eigenvalue weighted by Gasteiger charge is 2.27. The van der Waals surface area contributed by atoms with Crippen LogP contribution in [-0.2, 0) is 6.42 Å². The van der Waals surface area contributed by atoms with Crippen molar-refractivity contribution >= 4 is 23.3 Å². The van der Waals surface area contributed by atoms with E-state index in [0.29, 0.717) is 24.8 Å². The van der Waals surface area contributed by atoms with Crippen LogP contribution in [0.5, 0.6) is 0 Å². The molecule has 0 bridgehead atoms. The highest BCUT2D eigenvalue weighted by molar-refractivity contribution is 7.09. The van der Waals surface area contributed by atoms with Crippen LogP contribution in [-0.4, -0.2) is 46.6 Å². The number of hydrogen-bond donors (Lipinski definition) is 2. The number of carboxylic acids is 1. The molecule has 0 spiro atoms. The number of carbonyl (C=O) groups is 2. The van der Waals surface area contributed by atoms with Crippen LogP contribution in [0.4, 0.5) is 4.79 Å². The van der Waals surface area contributed by atoms with Crippen molar-refractivity contribution in [2.75, 3.05) is 19.6 Å². The maximum atomic E-state index is 12.0. The summed E-state index contributed by atoms with van der Waals surface area (Å²) in [7, 11) is 0. The average Bonchev–Trinajstić information content (AvgIpc) is 3.07. The number of rotatable bonds is 5. The van der Waals surface area contributed by atoms with E-state index in [0.717, 1.165) is 24.5 Å². The second-order valence-electron chi connectivity index (χ2n) is 5.65. The smallest absolute Gasteiger partial charge is 0.355 e. The number of urea groups is 1. The topological polar surface area (TPSA) is 82.5 Å². The third kappa shape index (κ3) is 4.17. The Morgan fingerprint density at radius 3 is 2.90 bits per heavy atom. The summed E-state index contributed by atoms with van der Waals surface area (Å²) in [6.07, 6.45) is 1.63. The molecule has 0 saturated carbocycles. The SMILES string of the molecule is CC(C)C1CCN(C(=O)NCCc2nc(C(=O)O)cs2)C1. The fraction of sp³-hybridized carbons (Fsp3) is 0.643. The Morgan fingerprint density at radius 1 is 1.57 bits per heavy atom. The van der Waals surface area contributed by atoms with Crippen molar-refractivity contribution in [3.05, 3.63) is 16.1 Å². The van der Waals surface area contributed by atoms with Gasteiger partial charge in [-0.15, -0.1) is 11.3 Å². The molecular formula is C14H21N3O3S. The van der Waals surface area contributed by atoms with E-state index >= 15 is 0 Å². The lowest BCUT2D eigenvalue weighted by molar-refractivity contribution is 0.0691. The van der Waals surface area contributed by atoms with Gasteiger partial charge in [-0.25, -0.2) is 14.6 Å². The standard InChI is InChI=1S/C14H21N3O3S/c1-9(2)10-4-6-17(7-10)14(20)15-5-3-12-16-11(8-21-12)13(18)19/h8-10H,3-7H2,1-2H3,(H,15,20)(H,18,19). The number of aromatic carboxylic acids is 1. The fourth-order valence-electron chi connectivity index (χ4n) is 2.43. The predicted octanol–water partition coefficient (Wildman–Crippen LogP) is 2.07. The summed E-state index contributed by atoms with van der Waals surface area (Å²) < 4.78 is 0. The number of nitrogens with zero attached hydrogens (tertiary/aromatic N) is 2. The molecule has 2 rings (SSSR count). The molecular weight excluding hydrogens is 290 g/mol. The summed E-state index contributed by atoms with van der Waals surface area (Å²) in [4.78, 5) is 28.6. The zero-order chi connectivity index (χ0) is 15.4. The number of amides is 2. The summed E-state index contributed by atoms with van der Waals surface area (Å²) in [6, 6.07) is -0.0341. The van der Waals surface area contributed by atoms with E-state index in [9.17, 15) is 9.59 Å². The summed E-state index contributed by atoms with van der Waals surface area (Å²) in [5.41, 5.74) is 0.0700. The van der Waals surface area contributed by atoms with Gasteiger partial charge in [-0.3, -0.25) is 0 Å². The van der Waals surface area contributed by atoms with Gasteiger partial charge in [0.1, 0.15) is 0 Å². The lowest BCUT2D eigenvalue weighted by Gasteiger charge is -2.18. The monoisotopic (exact) mass is 311 g/mol. The Labute approximate surface area is 128 Å². The quantitative estimate of drug-likeness (QED) is 0.872. The first-order valence-electron chi connectivity index (χ1n) is 7.18. The molecule has 2 N–H and O–H groups in total. The maximum absolute atomic E-state index is 12.0. The van der Waals surface area contributed by atoms with Crippen molar-refractivity contribution in [3.63, 3.8) is 0 Å². The minimum Gasteiger partial charge on any atom is -0.476 e. The third-order valence-corrected chi connectivity index (χ3v) is 4.75. The van der Waals surface area contributed by atoms with Crippen LogP contribution < -0.4 is 5.32 Å². The molecule has 6 nitrogen and oxygen atoms in total. The second kappa shape index (κ2) is 6.89. The van der Waals surface area contributed by atoms with Crippen LogP contribution in [0.2, 0.25) is 0 Å². The summed E-state index contributed by atoms with van der Waals surface area (Å²) in [6.45, 7) is 6.50. The highest BCUT2D eigenvalue weighted by atomic mass is 32.1. The molecule has 0 aromatic carbocycles. The first-order chi connectivity index (χ1) is 9.97. The molecule has 7 heteroatoms. The van der Waals surface area contributed by atoms with Gasteiger partial charge < -0.3 is 15.3 Å². The molecule has 1 aromatic rings. The molecule has 1 atom stereocenters. The van der Waals surface area contributed by atoms with Crippen LogP contribution in [0, 0.1) is 11.8 Å². The van der Waals surface area contributed by atoms with Crippen LogP contribution >= 0.6 is 11.3 Å². The Balaban J connectivity index is 1.73. The Morgan fingerprint density at radius 2 is 2.33 bits per heavy atom. The van der Waals surface area contributed by atoms with Gasteiger partial charge in [0.15, 0.2) is 5.69 Å². The van der Waals surface area contributed by atoms with Crippen LogP contribution in [0.3, 0.4) is 0 Å². The molecule has 1 aliphatic heterocycles. The lowest BCUT2D eigenvalue weighted by Crippen LogP contribution is -2.39. The Kier molecular flexibility index (Phi) is 5.17. The zero-order valence-electron chi connectivity index (χ0n) is 12.3. The molecule has 0 radical (unpaired) electrons. The number of nitrogens with one attached hydrogen (secondary N) is 1. The Bertz CT molecular complexity index is 515. The Hall–Kier alpha value is -1.63. The largest absolute Gasteiger partial charge is 0.476 e. The van der Waals surface area contributed by atoms with Gasteiger partial charge in [0.25, 0.3) is 0 Å². The van der Waals surface area contributed by atoms with Gasteiger partial charge >= 0.3 is 12.0 Å². The molecule has 2 amide bonds. The van der Waals surface area contributed by atoms with Gasteiger partial charge in [0.2, 0.25) is 0 Å². The van der Waals surface area contributed by atoms with E-state index in [-0.39, 0.29) is 11.7 Å². The molecule has 0 aliphatic carbocycles. The first kappa shape index (κ1) is 15.8. The van der Waals surface area contributed by atoms with Crippen molar-refractivity contribution in [2.24, 2.45) is 11.8 Å². The average molecular weight is 311 g/mol. The number of carboxylic acid groups (broad SMARTS) is 1. The van der Waals surface area contributed by atoms with Crippen LogP contribution in [0.25, 0.3) is 0 Å². The lowest BCUT2D eigenvalue weighted by atomic mass is 9.95. The highest BCUT2D eigenvalue weighted by Crippen LogP contribution is 2.23. The van der Waals surface area contributed by atoms with E-state index in [1.165, 1.54) is 16.7 Å². The molecule has 116 valence electrons. The van der Waals surface area contributed by atoms with E-state index in [4.69, 9.17) is 5.11 Å². The summed E-state index contributed by atoms with van der Waals surface area (Å²) >= 11 is 1.31. The van der Waals surface area contributed by atoms with Crippen LogP contribution in [0.1, 0.15) is 35.8 Å². The first-order valence-corrected chi connectivity index (χ1v) is 8.05. The predicted molar refractivity (Wildman–Crippen MR) is 80.7 cm³/mol. The summed E-state index contributed by atoms with van der Waals surface area (Å²) in [5.74, 6) is 0.179. The van der Waals surface area contributed by atoms with Crippen molar-refractivity contribution in [1.29, 1.82) is 0 Å². The molecule has 1 saturated heterocycles. The fourth-order valence-corrected chi connectivity index (χ4v) is 3.20. The van der Waals surface area contributed by atoms with Crippen molar-refractivity contribution in [1.82, 2.24) is 15.2 Å². The zero-order valence-corrected chi connectivity index (χ0v) is 13.2. The molecule has 2 heterocycles. The van der Waals surface area contributed by atoms with E-state index in [1.807, 2.05) is 4.90 Å². The normalized spacial score (nSPS) is 18.2. The molecule has 21 heavy (non-hydrogen) atoms. The van der Waals surface area contributed by atoms with Gasteiger partial charge in [-0.2, -0.15) is 0 Å². The van der Waals surface area contributed by atoms with Gasteiger partial charge in [0, 0.05) is 31.4 Å². The van der Waals surface area contributed by atoms with Crippen molar-refractivity contribution in [2.45, 2.75) is 26.7 Å². The van der Waals surface area contributed by atoms with Gasteiger partial charge in [-0.05, 0) is 18.3 Å². The van der Waals surface area contributed by atoms with Gasteiger partial charge in [-0.1, -0.05) is 13.8 Å². The molecule has 1 aromatic heterocycles. The second-order valence-corrected chi connectivity index (χ2v) is 6.60. The number of likely N-dealkylation sites (tertiary alicyclic amines) is 1. The van der Waals surface area contributed by atoms with E-state index in [1.54, 1.807) is 0 Å². The van der Waals surface area contributed by atoms with Crippen molar-refractivity contribution < 1.29 is 14.7 Å². The number of carbonyl (C=O) groups excluding carboxylic acids is 1. The van der Waals surface area contributed by atoms with Crippen LogP contribution in [0.15, 0.2) is 5.38 Å². The number of aromatic nitrogens is 1.